The molecule has 14 aromatic rings. The molecule has 4 heterocycles. The minimum Gasteiger partial charge on any atom is -0.455 e. The molecule has 0 aliphatic rings. The van der Waals surface area contributed by atoms with E-state index in [1.807, 2.05) is 109 Å². The van der Waals surface area contributed by atoms with Crippen LogP contribution in [0.2, 0.25) is 0 Å². The Morgan fingerprint density at radius 2 is 0.618 bits per heavy atom. The molecule has 0 N–H and O–H groups in total. The van der Waals surface area contributed by atoms with Gasteiger partial charge in [-0.25, -0.2) is 29.9 Å². The lowest BCUT2D eigenvalue weighted by molar-refractivity contribution is 0.669. The molecule has 0 atom stereocenters. The van der Waals surface area contributed by atoms with Crippen LogP contribution in [0.15, 0.2) is 248 Å². The molecule has 0 bridgehead atoms. The summed E-state index contributed by atoms with van der Waals surface area (Å²) in [6.07, 6.45) is 0. The normalized spacial score (nSPS) is 11.6. The van der Waals surface area contributed by atoms with Gasteiger partial charge >= 0.3 is 0 Å². The van der Waals surface area contributed by atoms with Crippen LogP contribution >= 0.6 is 31.9 Å². The molecule has 0 amide bonds. The van der Waals surface area contributed by atoms with Crippen molar-refractivity contribution in [3.63, 3.8) is 0 Å². The largest absolute Gasteiger partial charge is 0.455 e. The van der Waals surface area contributed by atoms with E-state index in [4.69, 9.17) is 38.7 Å². The van der Waals surface area contributed by atoms with Gasteiger partial charge in [0.2, 0.25) is 0 Å². The molecule has 76 heavy (non-hydrogen) atoms. The van der Waals surface area contributed by atoms with E-state index in [0.29, 0.717) is 34.9 Å². The summed E-state index contributed by atoms with van der Waals surface area (Å²) in [5.74, 6) is 3.43. The summed E-state index contributed by atoms with van der Waals surface area (Å²) >= 11 is 7.27. The molecular formula is C66H38Br2N6O2. The first-order valence-electron chi connectivity index (χ1n) is 24.7. The summed E-state index contributed by atoms with van der Waals surface area (Å²) in [5, 5.41) is 4.23. The molecule has 10 aromatic carbocycles. The molecular weight excluding hydrogens is 1070 g/mol. The molecule has 0 fully saturated rings. The maximum Gasteiger partial charge on any atom is 0.164 e. The summed E-state index contributed by atoms with van der Waals surface area (Å²) in [6.45, 7) is 0. The van der Waals surface area contributed by atoms with Crippen LogP contribution in [0.4, 0.5) is 0 Å². The van der Waals surface area contributed by atoms with Gasteiger partial charge in [0.1, 0.15) is 22.3 Å². The first kappa shape index (κ1) is 45.4. The van der Waals surface area contributed by atoms with Crippen molar-refractivity contribution >= 4 is 75.7 Å². The molecule has 0 aliphatic carbocycles. The van der Waals surface area contributed by atoms with Gasteiger partial charge in [-0.1, -0.05) is 220 Å². The summed E-state index contributed by atoms with van der Waals surface area (Å²) in [7, 11) is 0. The Bertz CT molecular complexity index is 4540. The number of rotatable bonds is 9. The van der Waals surface area contributed by atoms with E-state index in [0.717, 1.165) is 120 Å². The van der Waals surface area contributed by atoms with Crippen molar-refractivity contribution in [2.75, 3.05) is 0 Å². The molecule has 358 valence electrons. The summed E-state index contributed by atoms with van der Waals surface area (Å²) in [5.41, 5.74) is 14.6. The molecule has 0 aliphatic heterocycles. The van der Waals surface area contributed by atoms with Gasteiger partial charge in [0, 0.05) is 75.0 Å². The lowest BCUT2D eigenvalue weighted by Crippen LogP contribution is -2.01. The van der Waals surface area contributed by atoms with Crippen LogP contribution in [0.25, 0.3) is 146 Å². The molecule has 0 saturated carbocycles. The molecule has 4 aromatic heterocycles. The summed E-state index contributed by atoms with van der Waals surface area (Å²) in [4.78, 5) is 30.6. The molecule has 14 rings (SSSR count). The predicted octanol–water partition coefficient (Wildman–Crippen LogP) is 18.4. The molecule has 0 saturated heterocycles. The van der Waals surface area contributed by atoms with Crippen molar-refractivity contribution in [1.29, 1.82) is 0 Å². The summed E-state index contributed by atoms with van der Waals surface area (Å²) in [6, 6.07) is 78.1. The Morgan fingerprint density at radius 1 is 0.237 bits per heavy atom. The Hall–Kier alpha value is -9.22. The number of nitrogens with zero attached hydrogens (tertiary/aromatic N) is 6. The molecule has 10 heteroatoms. The number of fused-ring (bicyclic) bond motifs is 6. The fraction of sp³-hybridized carbons (Fsp3) is 0. The number of aromatic nitrogens is 6. The molecule has 0 radical (unpaired) electrons. The Balaban J connectivity index is 0.810. The van der Waals surface area contributed by atoms with Crippen LogP contribution in [-0.4, -0.2) is 29.9 Å². The minimum atomic E-state index is 0.559. The highest BCUT2D eigenvalue weighted by Gasteiger charge is 2.21. The van der Waals surface area contributed by atoms with Crippen LogP contribution in [0, 0.1) is 0 Å². The van der Waals surface area contributed by atoms with Crippen molar-refractivity contribution in [3.05, 3.63) is 239 Å². The average Bonchev–Trinajstić information content (AvgIpc) is 4.07. The Kier molecular flexibility index (Phi) is 11.3. The first-order valence-corrected chi connectivity index (χ1v) is 26.3. The van der Waals surface area contributed by atoms with Crippen LogP contribution in [-0.2, 0) is 0 Å². The van der Waals surface area contributed by atoms with Gasteiger partial charge in [-0.2, -0.15) is 0 Å². The van der Waals surface area contributed by atoms with Gasteiger partial charge in [-0.15, -0.1) is 0 Å². The zero-order chi connectivity index (χ0) is 50.7. The standard InChI is InChI=1S/C66H38Br2N6O2/c67-47-32-34-57-55(37-47)52-22-10-20-49(59(52)75-57)40-26-30-44(31-27-40)63-69-61(41-12-3-1-4-13-41)71-65(72-63)46-17-9-16-45(36-46)39-24-28-43(29-25-39)64-70-62(42-14-5-2-6-15-42)73-66(74-64)54-19-8-7-18-50(54)51-21-11-23-53-56-38-48(68)33-35-58(56)76-60(51)53/h1-38H. The van der Waals surface area contributed by atoms with Crippen molar-refractivity contribution < 1.29 is 8.83 Å². The van der Waals surface area contributed by atoms with E-state index < -0.39 is 0 Å². The topological polar surface area (TPSA) is 104 Å². The third-order valence-electron chi connectivity index (χ3n) is 13.8. The van der Waals surface area contributed by atoms with E-state index >= 15 is 0 Å². The van der Waals surface area contributed by atoms with Crippen LogP contribution in [0.3, 0.4) is 0 Å². The van der Waals surface area contributed by atoms with E-state index in [9.17, 15) is 0 Å². The van der Waals surface area contributed by atoms with E-state index in [-0.39, 0.29) is 0 Å². The van der Waals surface area contributed by atoms with Crippen molar-refractivity contribution in [1.82, 2.24) is 29.9 Å². The maximum atomic E-state index is 6.55. The van der Waals surface area contributed by atoms with Gasteiger partial charge in [0.15, 0.2) is 34.9 Å². The van der Waals surface area contributed by atoms with Crippen LogP contribution < -0.4 is 0 Å². The number of hydrogen-bond donors (Lipinski definition) is 0. The van der Waals surface area contributed by atoms with Crippen molar-refractivity contribution in [2.24, 2.45) is 0 Å². The number of furan rings is 2. The smallest absolute Gasteiger partial charge is 0.164 e. The SMILES string of the molecule is Brc1ccc2oc3c(-c4ccc(-c5nc(-c6ccccc6)nc(-c6cccc(-c7ccc(-c8nc(-c9ccccc9)nc(-c9ccccc9-c9cccc%10c9oc9ccc(Br)cc9%10)n8)cc7)c6)n5)cc4)cccc3c2c1. The van der Waals surface area contributed by atoms with E-state index in [2.05, 4.69) is 153 Å². The molecule has 0 spiro atoms. The second-order valence-corrected chi connectivity index (χ2v) is 20.3. The van der Waals surface area contributed by atoms with Crippen molar-refractivity contribution in [3.8, 4) is 102 Å². The van der Waals surface area contributed by atoms with Gasteiger partial charge in [0.05, 0.1) is 0 Å². The number of hydrogen-bond acceptors (Lipinski definition) is 8. The van der Waals surface area contributed by atoms with Gasteiger partial charge in [0.25, 0.3) is 0 Å². The van der Waals surface area contributed by atoms with Crippen LogP contribution in [0.1, 0.15) is 0 Å². The monoisotopic (exact) mass is 1100 g/mol. The highest BCUT2D eigenvalue weighted by atomic mass is 79.9. The fourth-order valence-corrected chi connectivity index (χ4v) is 10.8. The third kappa shape index (κ3) is 8.34. The zero-order valence-corrected chi connectivity index (χ0v) is 43.4. The average molecular weight is 1110 g/mol. The van der Waals surface area contributed by atoms with Gasteiger partial charge in [-0.3, -0.25) is 0 Å². The number of halogens is 2. The Morgan fingerprint density at radius 3 is 1.17 bits per heavy atom. The highest BCUT2D eigenvalue weighted by Crippen LogP contribution is 2.42. The van der Waals surface area contributed by atoms with Crippen molar-refractivity contribution in [2.45, 2.75) is 0 Å². The van der Waals surface area contributed by atoms with Gasteiger partial charge < -0.3 is 8.83 Å². The highest BCUT2D eigenvalue weighted by molar-refractivity contribution is 9.10. The number of benzene rings is 10. The van der Waals surface area contributed by atoms with E-state index in [1.54, 1.807) is 0 Å². The quantitative estimate of drug-likeness (QED) is 0.141. The van der Waals surface area contributed by atoms with Gasteiger partial charge in [-0.05, 0) is 64.7 Å². The molecule has 0 unspecified atom stereocenters. The lowest BCUT2D eigenvalue weighted by atomic mass is 9.97. The Labute approximate surface area is 452 Å². The number of para-hydroxylation sites is 2. The summed E-state index contributed by atoms with van der Waals surface area (Å²) < 4.78 is 15.0. The second kappa shape index (κ2) is 18.9. The first-order chi connectivity index (χ1) is 37.4. The second-order valence-electron chi connectivity index (χ2n) is 18.5. The minimum absolute atomic E-state index is 0.559. The maximum absolute atomic E-state index is 6.55. The zero-order valence-electron chi connectivity index (χ0n) is 40.2. The fourth-order valence-electron chi connectivity index (χ4n) is 10.0. The van der Waals surface area contributed by atoms with E-state index in [1.165, 1.54) is 0 Å². The molecule has 8 nitrogen and oxygen atoms in total. The van der Waals surface area contributed by atoms with Crippen LogP contribution in [0.5, 0.6) is 0 Å². The predicted molar refractivity (Wildman–Crippen MR) is 312 cm³/mol. The third-order valence-corrected chi connectivity index (χ3v) is 14.7. The lowest BCUT2D eigenvalue weighted by Gasteiger charge is -2.13.